The molecule has 1 rings (SSSR count). The van der Waals surface area contributed by atoms with Gasteiger partial charge in [0.2, 0.25) is 0 Å². The van der Waals surface area contributed by atoms with E-state index in [1.54, 1.807) is 31.2 Å². The largest absolute Gasteiger partial charge is 0.464 e. The number of anilines is 1. The van der Waals surface area contributed by atoms with Gasteiger partial charge in [0.25, 0.3) is 5.91 Å². The average Bonchev–Trinajstić information content (AvgIpc) is 2.28. The summed E-state index contributed by atoms with van der Waals surface area (Å²) in [4.78, 5) is 22.8. The molecule has 1 amide bonds. The van der Waals surface area contributed by atoms with Crippen LogP contribution in [0.2, 0.25) is 5.02 Å². The fraction of sp³-hybridized carbons (Fsp3) is 0.273. The zero-order valence-corrected chi connectivity index (χ0v) is 10.0. The molecule has 3 N–H and O–H groups in total. The molecule has 0 heterocycles. The zero-order valence-electron chi connectivity index (χ0n) is 9.27. The Hall–Kier alpha value is -1.59. The quantitative estimate of drug-likeness (QED) is 0.626. The summed E-state index contributed by atoms with van der Waals surface area (Å²) in [5.41, 5.74) is 5.89. The minimum Gasteiger partial charge on any atom is -0.464 e. The van der Waals surface area contributed by atoms with Gasteiger partial charge >= 0.3 is 5.97 Å². The van der Waals surface area contributed by atoms with Crippen LogP contribution in [-0.4, -0.2) is 24.5 Å². The lowest BCUT2D eigenvalue weighted by Crippen LogP contribution is -2.43. The number of amides is 1. The Morgan fingerprint density at radius 3 is 2.82 bits per heavy atom. The van der Waals surface area contributed by atoms with Crippen LogP contribution in [0.25, 0.3) is 0 Å². The number of nitrogens with one attached hydrogen (secondary N) is 1. The van der Waals surface area contributed by atoms with Gasteiger partial charge in [-0.2, -0.15) is 0 Å². The molecule has 0 aromatic heterocycles. The van der Waals surface area contributed by atoms with E-state index in [-0.39, 0.29) is 6.61 Å². The Bertz CT molecular complexity index is 423. The molecule has 0 saturated heterocycles. The Kier molecular flexibility index (Phi) is 4.93. The Labute approximate surface area is 104 Å². The smallest absolute Gasteiger partial charge is 0.332 e. The maximum absolute atomic E-state index is 11.6. The summed E-state index contributed by atoms with van der Waals surface area (Å²) >= 11 is 5.75. The third-order valence-corrected chi connectivity index (χ3v) is 2.15. The first-order valence-electron chi connectivity index (χ1n) is 5.03. The highest BCUT2D eigenvalue weighted by atomic mass is 35.5. The molecule has 0 radical (unpaired) electrons. The Morgan fingerprint density at radius 2 is 2.24 bits per heavy atom. The molecule has 6 heteroatoms. The second-order valence-electron chi connectivity index (χ2n) is 3.23. The zero-order chi connectivity index (χ0) is 12.8. The molecular formula is C11H13ClN2O3. The van der Waals surface area contributed by atoms with E-state index in [0.717, 1.165) is 0 Å². The number of benzene rings is 1. The van der Waals surface area contributed by atoms with Crippen molar-refractivity contribution >= 4 is 29.2 Å². The lowest BCUT2D eigenvalue weighted by molar-refractivity contribution is -0.146. The van der Waals surface area contributed by atoms with E-state index in [9.17, 15) is 9.59 Å². The van der Waals surface area contributed by atoms with Crippen LogP contribution in [0.4, 0.5) is 5.69 Å². The molecule has 1 atom stereocenters. The number of halogens is 1. The lowest BCUT2D eigenvalue weighted by Gasteiger charge is -2.11. The van der Waals surface area contributed by atoms with Gasteiger partial charge in [0, 0.05) is 10.7 Å². The van der Waals surface area contributed by atoms with Crippen molar-refractivity contribution in [2.75, 3.05) is 11.9 Å². The van der Waals surface area contributed by atoms with E-state index < -0.39 is 17.9 Å². The van der Waals surface area contributed by atoms with Crippen LogP contribution in [0, 0.1) is 0 Å². The van der Waals surface area contributed by atoms with E-state index >= 15 is 0 Å². The third-order valence-electron chi connectivity index (χ3n) is 1.92. The van der Waals surface area contributed by atoms with Crippen LogP contribution in [0.3, 0.4) is 0 Å². The number of carbonyl (C=O) groups excluding carboxylic acids is 2. The Balaban J connectivity index is 2.63. The first-order valence-corrected chi connectivity index (χ1v) is 5.41. The number of hydrogen-bond acceptors (Lipinski definition) is 4. The highest BCUT2D eigenvalue weighted by Crippen LogP contribution is 2.14. The molecule has 17 heavy (non-hydrogen) atoms. The van der Waals surface area contributed by atoms with Crippen molar-refractivity contribution in [1.29, 1.82) is 0 Å². The van der Waals surface area contributed by atoms with E-state index in [0.29, 0.717) is 10.7 Å². The van der Waals surface area contributed by atoms with Crippen molar-refractivity contribution in [1.82, 2.24) is 0 Å². The van der Waals surface area contributed by atoms with E-state index in [4.69, 9.17) is 17.3 Å². The minimum absolute atomic E-state index is 0.178. The number of nitrogens with two attached hydrogens (primary N) is 1. The predicted octanol–water partition coefficient (Wildman–Crippen LogP) is 1.17. The number of esters is 1. The summed E-state index contributed by atoms with van der Waals surface area (Å²) in [7, 11) is 0. The van der Waals surface area contributed by atoms with E-state index in [1.165, 1.54) is 0 Å². The maximum atomic E-state index is 11.6. The van der Waals surface area contributed by atoms with Gasteiger partial charge in [-0.25, -0.2) is 4.79 Å². The number of hydrogen-bond donors (Lipinski definition) is 2. The highest BCUT2D eigenvalue weighted by molar-refractivity contribution is 6.30. The number of rotatable bonds is 4. The molecule has 0 saturated carbocycles. The summed E-state index contributed by atoms with van der Waals surface area (Å²) in [6.45, 7) is 1.82. The van der Waals surface area contributed by atoms with Gasteiger partial charge in [-0.1, -0.05) is 17.7 Å². The summed E-state index contributed by atoms with van der Waals surface area (Å²) in [6, 6.07) is 5.20. The standard InChI is InChI=1S/C11H13ClN2O3/c1-2-17-11(16)9(13)10(15)14-8-5-3-4-7(12)6-8/h3-6,9H,2,13H2,1H3,(H,14,15). The normalized spacial score (nSPS) is 11.7. The van der Waals surface area contributed by atoms with Crippen molar-refractivity contribution in [2.24, 2.45) is 5.73 Å². The van der Waals surface area contributed by atoms with Crippen LogP contribution in [0.1, 0.15) is 6.92 Å². The topological polar surface area (TPSA) is 81.4 Å². The van der Waals surface area contributed by atoms with Crippen molar-refractivity contribution in [3.8, 4) is 0 Å². The SMILES string of the molecule is CCOC(=O)C(N)C(=O)Nc1cccc(Cl)c1. The molecule has 0 aliphatic carbocycles. The molecule has 0 aliphatic heterocycles. The summed E-state index contributed by atoms with van der Waals surface area (Å²) in [6.07, 6.45) is 0. The minimum atomic E-state index is -1.34. The molecule has 5 nitrogen and oxygen atoms in total. The fourth-order valence-electron chi connectivity index (χ4n) is 1.13. The van der Waals surface area contributed by atoms with Gasteiger partial charge < -0.3 is 15.8 Å². The monoisotopic (exact) mass is 256 g/mol. The van der Waals surface area contributed by atoms with Crippen LogP contribution < -0.4 is 11.1 Å². The molecule has 1 aromatic carbocycles. The predicted molar refractivity (Wildman–Crippen MR) is 64.7 cm³/mol. The molecule has 0 aliphatic rings. The number of ether oxygens (including phenoxy) is 1. The summed E-state index contributed by atoms with van der Waals surface area (Å²) in [5.74, 6) is -1.39. The third kappa shape index (κ3) is 4.05. The van der Waals surface area contributed by atoms with Gasteiger partial charge in [-0.3, -0.25) is 4.79 Å². The average molecular weight is 257 g/mol. The van der Waals surface area contributed by atoms with Crippen molar-refractivity contribution in [2.45, 2.75) is 13.0 Å². The number of carbonyl (C=O) groups is 2. The van der Waals surface area contributed by atoms with Gasteiger partial charge in [0.05, 0.1) is 6.61 Å². The van der Waals surface area contributed by atoms with Crippen LogP contribution in [0.15, 0.2) is 24.3 Å². The molecule has 92 valence electrons. The van der Waals surface area contributed by atoms with Crippen LogP contribution in [-0.2, 0) is 14.3 Å². The summed E-state index contributed by atoms with van der Waals surface area (Å²) in [5, 5.41) is 2.95. The molecular weight excluding hydrogens is 244 g/mol. The van der Waals surface area contributed by atoms with Crippen molar-refractivity contribution < 1.29 is 14.3 Å². The van der Waals surface area contributed by atoms with Gasteiger partial charge in [0.15, 0.2) is 6.04 Å². The van der Waals surface area contributed by atoms with Crippen molar-refractivity contribution in [3.05, 3.63) is 29.3 Å². The van der Waals surface area contributed by atoms with Crippen LogP contribution >= 0.6 is 11.6 Å². The lowest BCUT2D eigenvalue weighted by atomic mass is 10.2. The van der Waals surface area contributed by atoms with Gasteiger partial charge in [-0.05, 0) is 25.1 Å². The first-order chi connectivity index (χ1) is 8.04. The summed E-state index contributed by atoms with van der Waals surface area (Å²) < 4.78 is 4.64. The maximum Gasteiger partial charge on any atom is 0.332 e. The molecule has 1 aromatic rings. The molecule has 0 spiro atoms. The molecule has 0 bridgehead atoms. The second-order valence-corrected chi connectivity index (χ2v) is 3.67. The van der Waals surface area contributed by atoms with E-state index in [1.807, 2.05) is 0 Å². The van der Waals surface area contributed by atoms with Crippen molar-refractivity contribution in [3.63, 3.8) is 0 Å². The van der Waals surface area contributed by atoms with Crippen LogP contribution in [0.5, 0.6) is 0 Å². The fourth-order valence-corrected chi connectivity index (χ4v) is 1.32. The molecule has 1 unspecified atom stereocenters. The molecule has 0 fully saturated rings. The second kappa shape index (κ2) is 6.22. The highest BCUT2D eigenvalue weighted by Gasteiger charge is 2.23. The first kappa shape index (κ1) is 13.5. The van der Waals surface area contributed by atoms with E-state index in [2.05, 4.69) is 10.1 Å². The van der Waals surface area contributed by atoms with Gasteiger partial charge in [0.1, 0.15) is 0 Å². The van der Waals surface area contributed by atoms with Gasteiger partial charge in [-0.15, -0.1) is 0 Å². The Morgan fingerprint density at radius 1 is 1.53 bits per heavy atom.